The molecule has 23 heavy (non-hydrogen) atoms. The molecule has 118 valence electrons. The number of amides is 2. The third-order valence-corrected chi connectivity index (χ3v) is 3.13. The van der Waals surface area contributed by atoms with Crippen LogP contribution in [0.1, 0.15) is 22.8 Å². The lowest BCUT2D eigenvalue weighted by molar-refractivity contribution is 0.101. The number of ketones is 1. The van der Waals surface area contributed by atoms with E-state index in [4.69, 9.17) is 4.74 Å². The normalized spacial score (nSPS) is 10.3. The van der Waals surface area contributed by atoms with Gasteiger partial charge in [-0.05, 0) is 55.0 Å². The maximum Gasteiger partial charge on any atom is 0.323 e. The Bertz CT molecular complexity index is 721. The fourth-order valence-corrected chi connectivity index (χ4v) is 1.91. The Balaban J connectivity index is 1.89. The van der Waals surface area contributed by atoms with Crippen molar-refractivity contribution in [3.05, 3.63) is 65.9 Å². The summed E-state index contributed by atoms with van der Waals surface area (Å²) in [6, 6.07) is 13.8. The predicted molar refractivity (Wildman–Crippen MR) is 90.6 cm³/mol. The second-order valence-corrected chi connectivity index (χ2v) is 4.84. The van der Waals surface area contributed by atoms with Gasteiger partial charge >= 0.3 is 6.03 Å². The van der Waals surface area contributed by atoms with E-state index in [1.165, 1.54) is 6.92 Å². The van der Waals surface area contributed by atoms with Gasteiger partial charge in [-0.25, -0.2) is 4.79 Å². The fourth-order valence-electron chi connectivity index (χ4n) is 1.91. The summed E-state index contributed by atoms with van der Waals surface area (Å²) < 4.78 is 5.13. The zero-order valence-electron chi connectivity index (χ0n) is 13.0. The number of anilines is 1. The number of hydrogen-bond acceptors (Lipinski definition) is 3. The highest BCUT2D eigenvalue weighted by molar-refractivity contribution is 5.95. The topological polar surface area (TPSA) is 67.4 Å². The summed E-state index contributed by atoms with van der Waals surface area (Å²) in [5.74, 6) is 0.740. The average molecular weight is 310 g/mol. The number of nitrogens with one attached hydrogen (secondary N) is 2. The van der Waals surface area contributed by atoms with Crippen molar-refractivity contribution in [3.8, 4) is 5.75 Å². The Labute approximate surface area is 135 Å². The molecule has 0 heterocycles. The standard InChI is InChI=1S/C18H18N2O3/c1-13(21)15-6-8-16(9-7-15)20-18(22)19-11-10-14-4-3-5-17(12-14)23-2/h3-12H,1-2H3,(H2,19,20,22)/b11-10+. The average Bonchev–Trinajstić information content (AvgIpc) is 2.55. The first-order valence-electron chi connectivity index (χ1n) is 7.07. The van der Waals surface area contributed by atoms with Crippen molar-refractivity contribution >= 4 is 23.6 Å². The van der Waals surface area contributed by atoms with Gasteiger partial charge in [0.05, 0.1) is 7.11 Å². The van der Waals surface area contributed by atoms with Crippen LogP contribution in [0.3, 0.4) is 0 Å². The van der Waals surface area contributed by atoms with E-state index in [1.807, 2.05) is 24.3 Å². The second kappa shape index (κ2) is 7.79. The molecule has 2 aromatic carbocycles. The van der Waals surface area contributed by atoms with Crippen LogP contribution in [0.25, 0.3) is 6.08 Å². The smallest absolute Gasteiger partial charge is 0.323 e. The van der Waals surface area contributed by atoms with Gasteiger partial charge in [0, 0.05) is 17.5 Å². The first-order valence-corrected chi connectivity index (χ1v) is 7.07. The number of carbonyl (C=O) groups excluding carboxylic acids is 2. The van der Waals surface area contributed by atoms with E-state index in [-0.39, 0.29) is 11.8 Å². The number of hydrogen-bond donors (Lipinski definition) is 2. The molecule has 2 aromatic rings. The van der Waals surface area contributed by atoms with Gasteiger partial charge in [-0.15, -0.1) is 0 Å². The Hall–Kier alpha value is -3.08. The predicted octanol–water partition coefficient (Wildman–Crippen LogP) is 3.69. The van der Waals surface area contributed by atoms with Gasteiger partial charge < -0.3 is 15.4 Å². The summed E-state index contributed by atoms with van der Waals surface area (Å²) in [5.41, 5.74) is 2.13. The highest BCUT2D eigenvalue weighted by atomic mass is 16.5. The maximum atomic E-state index is 11.8. The van der Waals surface area contributed by atoms with Gasteiger partial charge in [0.1, 0.15) is 5.75 Å². The monoisotopic (exact) mass is 310 g/mol. The molecule has 0 bridgehead atoms. The van der Waals surface area contributed by atoms with Crippen LogP contribution in [0.5, 0.6) is 5.75 Å². The minimum Gasteiger partial charge on any atom is -0.497 e. The minimum atomic E-state index is -0.361. The van der Waals surface area contributed by atoms with Crippen LogP contribution in [0.4, 0.5) is 10.5 Å². The molecule has 0 saturated heterocycles. The van der Waals surface area contributed by atoms with Gasteiger partial charge in [0.25, 0.3) is 0 Å². The molecular formula is C18H18N2O3. The zero-order chi connectivity index (χ0) is 16.7. The summed E-state index contributed by atoms with van der Waals surface area (Å²) in [4.78, 5) is 23.0. The molecule has 0 fully saturated rings. The summed E-state index contributed by atoms with van der Waals surface area (Å²) in [6.45, 7) is 1.50. The Morgan fingerprint density at radius 2 is 1.83 bits per heavy atom. The van der Waals surface area contributed by atoms with Crippen LogP contribution >= 0.6 is 0 Å². The molecule has 2 N–H and O–H groups in total. The highest BCUT2D eigenvalue weighted by Gasteiger charge is 2.01. The molecule has 0 aliphatic rings. The van der Waals surface area contributed by atoms with Crippen molar-refractivity contribution in [2.24, 2.45) is 0 Å². The molecular weight excluding hydrogens is 292 g/mol. The summed E-state index contributed by atoms with van der Waals surface area (Å²) in [6.07, 6.45) is 3.31. The quantitative estimate of drug-likeness (QED) is 0.828. The Kier molecular flexibility index (Phi) is 5.52. The molecule has 0 unspecified atom stereocenters. The third kappa shape index (κ3) is 5.00. The van der Waals surface area contributed by atoms with Crippen molar-refractivity contribution in [1.29, 1.82) is 0 Å². The lowest BCUT2D eigenvalue weighted by atomic mass is 10.1. The van der Waals surface area contributed by atoms with Gasteiger partial charge in [0.2, 0.25) is 0 Å². The number of rotatable bonds is 5. The minimum absolute atomic E-state index is 0.0118. The van der Waals surface area contributed by atoms with E-state index in [2.05, 4.69) is 10.6 Å². The van der Waals surface area contributed by atoms with E-state index in [1.54, 1.807) is 43.7 Å². The van der Waals surface area contributed by atoms with Gasteiger partial charge in [-0.2, -0.15) is 0 Å². The molecule has 0 atom stereocenters. The van der Waals surface area contributed by atoms with Crippen LogP contribution in [-0.4, -0.2) is 18.9 Å². The molecule has 5 heteroatoms. The fraction of sp³-hybridized carbons (Fsp3) is 0.111. The number of benzene rings is 2. The van der Waals surface area contributed by atoms with Crippen molar-refractivity contribution in [3.63, 3.8) is 0 Å². The van der Waals surface area contributed by atoms with E-state index in [0.29, 0.717) is 11.3 Å². The molecule has 0 saturated carbocycles. The van der Waals surface area contributed by atoms with Gasteiger partial charge in [-0.3, -0.25) is 4.79 Å². The molecule has 5 nitrogen and oxygen atoms in total. The maximum absolute atomic E-state index is 11.8. The van der Waals surface area contributed by atoms with Crippen molar-refractivity contribution in [2.75, 3.05) is 12.4 Å². The number of ether oxygens (including phenoxy) is 1. The third-order valence-electron chi connectivity index (χ3n) is 3.13. The molecule has 0 radical (unpaired) electrons. The first kappa shape index (κ1) is 16.3. The molecule has 0 aromatic heterocycles. The van der Waals surface area contributed by atoms with E-state index in [0.717, 1.165) is 11.3 Å². The number of carbonyl (C=O) groups is 2. The molecule has 0 spiro atoms. The van der Waals surface area contributed by atoms with Crippen LogP contribution < -0.4 is 15.4 Å². The number of Topliss-reactive ketones (excluding diaryl/α,β-unsaturated/α-hetero) is 1. The first-order chi connectivity index (χ1) is 11.1. The van der Waals surface area contributed by atoms with Crippen LogP contribution in [-0.2, 0) is 0 Å². The van der Waals surface area contributed by atoms with Crippen LogP contribution in [0, 0.1) is 0 Å². The van der Waals surface area contributed by atoms with Crippen molar-refractivity contribution in [2.45, 2.75) is 6.92 Å². The van der Waals surface area contributed by atoms with Crippen molar-refractivity contribution in [1.82, 2.24) is 5.32 Å². The lowest BCUT2D eigenvalue weighted by Gasteiger charge is -2.05. The largest absolute Gasteiger partial charge is 0.497 e. The summed E-state index contributed by atoms with van der Waals surface area (Å²) >= 11 is 0. The van der Waals surface area contributed by atoms with E-state index in [9.17, 15) is 9.59 Å². The van der Waals surface area contributed by atoms with Crippen LogP contribution in [0.2, 0.25) is 0 Å². The SMILES string of the molecule is COc1cccc(/C=C/NC(=O)Nc2ccc(C(C)=O)cc2)c1. The zero-order valence-corrected chi connectivity index (χ0v) is 13.0. The second-order valence-electron chi connectivity index (χ2n) is 4.84. The molecule has 0 aliphatic carbocycles. The Morgan fingerprint density at radius 1 is 1.09 bits per heavy atom. The number of urea groups is 1. The molecule has 2 rings (SSSR count). The molecule has 2 amide bonds. The van der Waals surface area contributed by atoms with Gasteiger partial charge in [-0.1, -0.05) is 12.1 Å². The van der Waals surface area contributed by atoms with Gasteiger partial charge in [0.15, 0.2) is 5.78 Å². The summed E-state index contributed by atoms with van der Waals surface area (Å²) in [7, 11) is 1.60. The van der Waals surface area contributed by atoms with E-state index >= 15 is 0 Å². The molecule has 0 aliphatic heterocycles. The number of methoxy groups -OCH3 is 1. The highest BCUT2D eigenvalue weighted by Crippen LogP contribution is 2.13. The lowest BCUT2D eigenvalue weighted by Crippen LogP contribution is -2.23. The van der Waals surface area contributed by atoms with E-state index < -0.39 is 0 Å². The Morgan fingerprint density at radius 3 is 2.48 bits per heavy atom. The van der Waals surface area contributed by atoms with Crippen LogP contribution in [0.15, 0.2) is 54.7 Å². The van der Waals surface area contributed by atoms with Crippen molar-refractivity contribution < 1.29 is 14.3 Å². The summed E-state index contributed by atoms with van der Waals surface area (Å²) in [5, 5.41) is 5.30.